The molecule has 0 spiro atoms. The summed E-state index contributed by atoms with van der Waals surface area (Å²) in [5, 5.41) is 20.5. The molecule has 0 radical (unpaired) electrons. The van der Waals surface area contributed by atoms with E-state index in [9.17, 15) is 25.0 Å². The third kappa shape index (κ3) is 1.17. The first-order valence-corrected chi connectivity index (χ1v) is 2.72. The molecular formula is C2H2N6O5. The molecule has 0 atom stereocenters. The van der Waals surface area contributed by atoms with Crippen LogP contribution in [0.4, 0.5) is 5.82 Å². The lowest BCUT2D eigenvalue weighted by atomic mass is 10.8. The largest absolute Gasteiger partial charge is 0.459 e. The van der Waals surface area contributed by atoms with Gasteiger partial charge in [0.05, 0.1) is 0 Å². The van der Waals surface area contributed by atoms with Crippen molar-refractivity contribution in [3.05, 3.63) is 30.6 Å². The number of hydrogen-bond donors (Lipinski definition) is 1. The Hall–Kier alpha value is -2.46. The third-order valence-corrected chi connectivity index (χ3v) is 1.07. The predicted molar refractivity (Wildman–Crippen MR) is 35.7 cm³/mol. The normalized spacial score (nSPS) is 9.85. The summed E-state index contributed by atoms with van der Waals surface area (Å²) >= 11 is 0. The molecule has 2 N–H and O–H groups in total. The van der Waals surface area contributed by atoms with Crippen molar-refractivity contribution < 1.29 is 10.1 Å². The van der Waals surface area contributed by atoms with Crippen LogP contribution in [0.1, 0.15) is 0 Å². The van der Waals surface area contributed by atoms with Crippen molar-refractivity contribution in [2.45, 2.75) is 0 Å². The van der Waals surface area contributed by atoms with Gasteiger partial charge in [-0.25, -0.2) is 4.79 Å². The van der Waals surface area contributed by atoms with Crippen molar-refractivity contribution in [1.29, 1.82) is 0 Å². The summed E-state index contributed by atoms with van der Waals surface area (Å²) in [6.07, 6.45) is 0. The highest BCUT2D eigenvalue weighted by Crippen LogP contribution is 1.87. The highest BCUT2D eigenvalue weighted by Gasteiger charge is 2.31. The van der Waals surface area contributed by atoms with Gasteiger partial charge in [0.2, 0.25) is 0 Å². The van der Waals surface area contributed by atoms with Gasteiger partial charge in [-0.3, -0.25) is 0 Å². The number of aromatic nitrogens is 3. The zero-order valence-corrected chi connectivity index (χ0v) is 5.85. The van der Waals surface area contributed by atoms with Crippen molar-refractivity contribution in [3.8, 4) is 0 Å². The van der Waals surface area contributed by atoms with Crippen molar-refractivity contribution in [1.82, 2.24) is 14.8 Å². The average Bonchev–Trinajstić information content (AvgIpc) is 2.28. The fraction of sp³-hybridized carbons (Fsp3) is 0. The van der Waals surface area contributed by atoms with Crippen LogP contribution in [0.3, 0.4) is 0 Å². The molecule has 13 heavy (non-hydrogen) atoms. The van der Waals surface area contributed by atoms with Gasteiger partial charge in [0.1, 0.15) is 15.2 Å². The number of anilines is 1. The Kier molecular flexibility index (Phi) is 1.69. The van der Waals surface area contributed by atoms with Crippen LogP contribution in [-0.4, -0.2) is 24.9 Å². The number of rotatable bonds is 2. The van der Waals surface area contributed by atoms with Crippen LogP contribution in [0.5, 0.6) is 0 Å². The molecule has 0 aliphatic carbocycles. The number of nitrogens with two attached hydrogens (primary N) is 1. The van der Waals surface area contributed by atoms with Gasteiger partial charge in [0.15, 0.2) is 4.79 Å². The van der Waals surface area contributed by atoms with Crippen LogP contribution >= 0.6 is 0 Å². The van der Waals surface area contributed by atoms with Gasteiger partial charge in [-0.1, -0.05) is 0 Å². The second-order valence-electron chi connectivity index (χ2n) is 1.82. The van der Waals surface area contributed by atoms with E-state index in [1.165, 1.54) is 0 Å². The highest BCUT2D eigenvalue weighted by atomic mass is 16.7. The maximum atomic E-state index is 10.7. The minimum atomic E-state index is -1.35. The summed E-state index contributed by atoms with van der Waals surface area (Å²) < 4.78 is 0. The van der Waals surface area contributed by atoms with E-state index in [0.29, 0.717) is 0 Å². The molecule has 70 valence electrons. The molecule has 0 unspecified atom stereocenters. The molecule has 0 aromatic carbocycles. The Morgan fingerprint density at radius 3 is 2.15 bits per heavy atom. The third-order valence-electron chi connectivity index (χ3n) is 1.07. The number of hydrogen-bond acceptors (Lipinski definition) is 7. The number of nitrogens with zero attached hydrogens (tertiary/aromatic N) is 5. The lowest BCUT2D eigenvalue weighted by molar-refractivity contribution is -0.657. The maximum absolute atomic E-state index is 10.7. The second-order valence-corrected chi connectivity index (χ2v) is 1.82. The summed E-state index contributed by atoms with van der Waals surface area (Å²) in [6.45, 7) is 0. The molecule has 0 aliphatic rings. The summed E-state index contributed by atoms with van der Waals surface area (Å²) in [6, 6.07) is 0. The van der Waals surface area contributed by atoms with Crippen molar-refractivity contribution >= 4 is 5.82 Å². The van der Waals surface area contributed by atoms with Crippen LogP contribution in [0.25, 0.3) is 0 Å². The first-order chi connectivity index (χ1) is 5.95. The minimum absolute atomic E-state index is 0.350. The molecule has 0 fully saturated rings. The van der Waals surface area contributed by atoms with Gasteiger partial charge >= 0.3 is 11.4 Å². The van der Waals surface area contributed by atoms with Crippen molar-refractivity contribution in [2.75, 3.05) is 5.73 Å². The van der Waals surface area contributed by atoms with Gasteiger partial charge in [-0.2, -0.15) is 0 Å². The molecule has 11 heteroatoms. The first kappa shape index (κ1) is 8.63. The lowest BCUT2D eigenvalue weighted by Crippen LogP contribution is -2.33. The fourth-order valence-electron chi connectivity index (χ4n) is 0.610. The van der Waals surface area contributed by atoms with E-state index in [1.54, 1.807) is 0 Å². The zero-order valence-electron chi connectivity index (χ0n) is 5.85. The molecule has 0 saturated heterocycles. The van der Waals surface area contributed by atoms with Crippen LogP contribution in [-0.2, 0) is 0 Å². The van der Waals surface area contributed by atoms with E-state index in [1.807, 2.05) is 0 Å². The standard InChI is InChI=1S/C2H2N6O5/c3-1-2(9)5(7(10)11)6(4-1)8(12)13/h(H2,3,4). The molecule has 11 nitrogen and oxygen atoms in total. The summed E-state index contributed by atoms with van der Waals surface area (Å²) in [5.74, 6) is -0.812. The van der Waals surface area contributed by atoms with Gasteiger partial charge in [-0.05, 0) is 0 Å². The Balaban J connectivity index is 3.54. The van der Waals surface area contributed by atoms with Gasteiger partial charge < -0.3 is 26.0 Å². The van der Waals surface area contributed by atoms with Crippen molar-refractivity contribution in [2.24, 2.45) is 0 Å². The van der Waals surface area contributed by atoms with Gasteiger partial charge in [-0.15, -0.1) is 0 Å². The Morgan fingerprint density at radius 1 is 1.31 bits per heavy atom. The number of nitrogen functional groups attached to an aromatic ring is 1. The molecule has 1 aromatic heterocycles. The number of nitro groups is 2. The van der Waals surface area contributed by atoms with E-state index >= 15 is 0 Å². The molecule has 1 rings (SSSR count). The Morgan fingerprint density at radius 2 is 1.85 bits per heavy atom. The lowest BCUT2D eigenvalue weighted by Gasteiger charge is -1.88. The van der Waals surface area contributed by atoms with E-state index in [4.69, 9.17) is 5.73 Å². The molecule has 0 saturated carbocycles. The monoisotopic (exact) mass is 190 g/mol. The Bertz CT molecular complexity index is 427. The predicted octanol–water partition coefficient (Wildman–Crippen LogP) is -2.29. The van der Waals surface area contributed by atoms with Crippen molar-refractivity contribution in [3.63, 3.8) is 0 Å². The van der Waals surface area contributed by atoms with E-state index in [-0.39, 0.29) is 4.91 Å². The second kappa shape index (κ2) is 2.54. The van der Waals surface area contributed by atoms with Gasteiger partial charge in [0, 0.05) is 0 Å². The molecule has 0 amide bonds. The fourth-order valence-corrected chi connectivity index (χ4v) is 0.610. The SMILES string of the molecule is Nc1nn([N+](=O)[O-])n([N+](=O)[O-])c1=O. The highest BCUT2D eigenvalue weighted by molar-refractivity contribution is 5.19. The summed E-state index contributed by atoms with van der Waals surface area (Å²) in [7, 11) is 0. The molecule has 1 heterocycles. The van der Waals surface area contributed by atoms with Crippen LogP contribution in [0.2, 0.25) is 0 Å². The summed E-state index contributed by atoms with van der Waals surface area (Å²) in [5.41, 5.74) is 3.50. The minimum Gasteiger partial charge on any atom is -0.360 e. The molecular weight excluding hydrogens is 188 g/mol. The summed E-state index contributed by atoms with van der Waals surface area (Å²) in [4.78, 5) is 30.2. The topological polar surface area (TPSA) is 152 Å². The van der Waals surface area contributed by atoms with Crippen LogP contribution in [0, 0.1) is 20.2 Å². The zero-order chi connectivity index (χ0) is 10.2. The average molecular weight is 190 g/mol. The van der Waals surface area contributed by atoms with E-state index in [2.05, 4.69) is 5.10 Å². The van der Waals surface area contributed by atoms with E-state index < -0.39 is 26.2 Å². The van der Waals surface area contributed by atoms with E-state index in [0.717, 1.165) is 0 Å². The maximum Gasteiger partial charge on any atom is 0.459 e. The molecule has 0 bridgehead atoms. The smallest absolute Gasteiger partial charge is 0.360 e. The Labute approximate surface area is 68.2 Å². The molecule has 0 aliphatic heterocycles. The van der Waals surface area contributed by atoms with Gasteiger partial charge in [0.25, 0.3) is 4.91 Å². The molecule has 1 aromatic rings. The quantitative estimate of drug-likeness (QED) is 0.406. The van der Waals surface area contributed by atoms with Crippen LogP contribution < -0.4 is 11.3 Å². The van der Waals surface area contributed by atoms with Crippen LogP contribution in [0.15, 0.2) is 4.79 Å². The first-order valence-electron chi connectivity index (χ1n) is 2.72.